The predicted octanol–water partition coefficient (Wildman–Crippen LogP) is 3.33. The van der Waals surface area contributed by atoms with Crippen molar-refractivity contribution < 1.29 is 33.4 Å². The van der Waals surface area contributed by atoms with Gasteiger partial charge in [0.2, 0.25) is 5.43 Å². The number of aryl methyl sites for hydroxylation is 1. The number of nitrogens with zero attached hydrogens (tertiary/aromatic N) is 2. The third kappa shape index (κ3) is 4.37. The minimum Gasteiger partial charge on any atom is -0.477 e. The van der Waals surface area contributed by atoms with Crippen LogP contribution in [-0.4, -0.2) is 52.4 Å². The minimum absolute atomic E-state index is 0.00493. The number of carboxylic acids is 1. The summed E-state index contributed by atoms with van der Waals surface area (Å²) in [5, 5.41) is 9.50. The summed E-state index contributed by atoms with van der Waals surface area (Å²) in [7, 11) is 0. The van der Waals surface area contributed by atoms with Crippen LogP contribution in [0.1, 0.15) is 68.4 Å². The summed E-state index contributed by atoms with van der Waals surface area (Å²) < 4.78 is 28.5. The number of carbonyl (C=O) groups excluding carboxylic acids is 2. The smallest absolute Gasteiger partial charge is 0.341 e. The van der Waals surface area contributed by atoms with Crippen molar-refractivity contribution in [2.75, 3.05) is 11.4 Å². The molecule has 1 aromatic carbocycles. The molecule has 0 spiro atoms. The first-order valence-electron chi connectivity index (χ1n) is 11.9. The number of ether oxygens (including phenoxy) is 2. The van der Waals surface area contributed by atoms with Gasteiger partial charge in [0.1, 0.15) is 11.4 Å². The van der Waals surface area contributed by atoms with Crippen LogP contribution in [0.5, 0.6) is 0 Å². The molecule has 0 amide bonds. The maximum absolute atomic E-state index is 15.6. The average Bonchev–Trinajstić information content (AvgIpc) is 3.62. The Bertz CT molecular complexity index is 1270. The molecular weight excluding hydrogens is 459 g/mol. The Morgan fingerprint density at radius 1 is 1.14 bits per heavy atom. The highest BCUT2D eigenvalue weighted by Gasteiger charge is 2.45. The van der Waals surface area contributed by atoms with Crippen LogP contribution in [0.3, 0.4) is 0 Å². The van der Waals surface area contributed by atoms with Crippen LogP contribution in [0.15, 0.2) is 17.1 Å². The molecule has 1 saturated heterocycles. The third-order valence-electron chi connectivity index (χ3n) is 6.77. The zero-order valence-corrected chi connectivity index (χ0v) is 20.2. The van der Waals surface area contributed by atoms with Gasteiger partial charge in [0.05, 0.1) is 23.8 Å². The van der Waals surface area contributed by atoms with Crippen molar-refractivity contribution in [3.05, 3.63) is 39.4 Å². The summed E-state index contributed by atoms with van der Waals surface area (Å²) in [6, 6.07) is 0.585. The van der Waals surface area contributed by atoms with Crippen LogP contribution < -0.4 is 10.3 Å². The molecule has 9 nitrogen and oxygen atoms in total. The first-order chi connectivity index (χ1) is 16.6. The largest absolute Gasteiger partial charge is 0.477 e. The highest BCUT2D eigenvalue weighted by Crippen LogP contribution is 2.41. The van der Waals surface area contributed by atoms with Crippen LogP contribution in [-0.2, 0) is 19.1 Å². The number of aromatic carboxylic acids is 1. The topological polar surface area (TPSA) is 115 Å². The zero-order chi connectivity index (χ0) is 25.6. The van der Waals surface area contributed by atoms with E-state index in [0.717, 1.165) is 18.9 Å². The molecule has 3 unspecified atom stereocenters. The Labute approximate surface area is 201 Å². The monoisotopic (exact) mass is 488 g/mol. The van der Waals surface area contributed by atoms with Gasteiger partial charge in [-0.15, -0.1) is 0 Å². The lowest BCUT2D eigenvalue weighted by Crippen LogP contribution is -2.38. The lowest BCUT2D eigenvalue weighted by Gasteiger charge is -2.29. The number of benzene rings is 1. The summed E-state index contributed by atoms with van der Waals surface area (Å²) >= 11 is 0. The molecule has 10 heteroatoms. The fourth-order valence-electron chi connectivity index (χ4n) is 4.83. The molecule has 1 aliphatic carbocycles. The van der Waals surface area contributed by atoms with Crippen molar-refractivity contribution >= 4 is 34.5 Å². The SMILES string of the molecule is CCC(=O)OC1CN(c2c(F)cc3c(=O)c(C(=O)O)cn(C4CC4)c3c2C)C(C)C1OC(=O)CC. The Morgan fingerprint density at radius 2 is 1.77 bits per heavy atom. The molecule has 1 N–H and O–H groups in total. The molecule has 1 aliphatic heterocycles. The fraction of sp³-hybridized carbons (Fsp3) is 0.520. The zero-order valence-electron chi connectivity index (χ0n) is 20.2. The number of carbonyl (C=O) groups is 3. The molecule has 1 aromatic heterocycles. The highest BCUT2D eigenvalue weighted by atomic mass is 19.1. The summed E-state index contributed by atoms with van der Waals surface area (Å²) in [5.74, 6) is -2.98. The number of fused-ring (bicyclic) bond motifs is 1. The Kier molecular flexibility index (Phi) is 6.57. The van der Waals surface area contributed by atoms with Gasteiger partial charge in [0.15, 0.2) is 12.2 Å². The van der Waals surface area contributed by atoms with E-state index < -0.39 is 53.0 Å². The first-order valence-corrected chi connectivity index (χ1v) is 11.9. The lowest BCUT2D eigenvalue weighted by molar-refractivity contribution is -0.164. The Hall–Kier alpha value is -3.43. The van der Waals surface area contributed by atoms with Crippen molar-refractivity contribution in [3.8, 4) is 0 Å². The van der Waals surface area contributed by atoms with E-state index in [4.69, 9.17) is 9.47 Å². The molecule has 35 heavy (non-hydrogen) atoms. The van der Waals surface area contributed by atoms with E-state index in [2.05, 4.69) is 0 Å². The average molecular weight is 489 g/mol. The number of hydrogen-bond acceptors (Lipinski definition) is 7. The molecule has 0 radical (unpaired) electrons. The van der Waals surface area contributed by atoms with E-state index in [1.54, 1.807) is 37.2 Å². The lowest BCUT2D eigenvalue weighted by atomic mass is 10.0. The maximum Gasteiger partial charge on any atom is 0.341 e. The minimum atomic E-state index is -1.36. The van der Waals surface area contributed by atoms with Gasteiger partial charge in [0.25, 0.3) is 0 Å². The molecule has 3 atom stereocenters. The quantitative estimate of drug-likeness (QED) is 0.590. The van der Waals surface area contributed by atoms with Crippen LogP contribution >= 0.6 is 0 Å². The second-order valence-corrected chi connectivity index (χ2v) is 9.13. The number of hydrogen-bond donors (Lipinski definition) is 1. The molecule has 4 rings (SSSR count). The normalized spacial score (nSPS) is 21.9. The van der Waals surface area contributed by atoms with E-state index in [0.29, 0.717) is 11.1 Å². The number of aromatic nitrogens is 1. The van der Waals surface area contributed by atoms with Crippen LogP contribution in [0.4, 0.5) is 10.1 Å². The summed E-state index contributed by atoms with van der Waals surface area (Å²) in [6.45, 7) is 6.85. The van der Waals surface area contributed by atoms with Gasteiger partial charge in [-0.2, -0.15) is 0 Å². The second kappa shape index (κ2) is 9.31. The van der Waals surface area contributed by atoms with Gasteiger partial charge in [-0.3, -0.25) is 14.4 Å². The Morgan fingerprint density at radius 3 is 2.34 bits per heavy atom. The van der Waals surface area contributed by atoms with E-state index in [1.807, 2.05) is 0 Å². The van der Waals surface area contributed by atoms with Gasteiger partial charge >= 0.3 is 17.9 Å². The van der Waals surface area contributed by atoms with Gasteiger partial charge < -0.3 is 24.0 Å². The summed E-state index contributed by atoms with van der Waals surface area (Å²) in [5.41, 5.74) is 0.00741. The standard InChI is InChI=1S/C25H29FN2O7/c1-5-19(29)34-18-11-27(13(4)24(18)35-20(30)6-2)22-12(3)21-15(9-17(22)26)23(31)16(25(32)33)10-28(21)14-7-8-14/h9-10,13-14,18,24H,5-8,11H2,1-4H3,(H,32,33). The predicted molar refractivity (Wildman–Crippen MR) is 125 cm³/mol. The molecule has 188 valence electrons. The van der Waals surface area contributed by atoms with Gasteiger partial charge in [-0.25, -0.2) is 9.18 Å². The molecule has 2 aromatic rings. The van der Waals surface area contributed by atoms with E-state index in [9.17, 15) is 24.3 Å². The van der Waals surface area contributed by atoms with Crippen molar-refractivity contribution in [1.82, 2.24) is 4.57 Å². The number of pyridine rings is 1. The number of halogens is 1. The summed E-state index contributed by atoms with van der Waals surface area (Å²) in [6.07, 6.45) is 1.68. The van der Waals surface area contributed by atoms with Crippen LogP contribution in [0.2, 0.25) is 0 Å². The molecule has 2 heterocycles. The summed E-state index contributed by atoms with van der Waals surface area (Å²) in [4.78, 5) is 50.3. The molecule has 0 bridgehead atoms. The van der Waals surface area contributed by atoms with Crippen molar-refractivity contribution in [1.29, 1.82) is 0 Å². The maximum atomic E-state index is 15.6. The van der Waals surface area contributed by atoms with Crippen LogP contribution in [0, 0.1) is 12.7 Å². The number of esters is 2. The fourth-order valence-corrected chi connectivity index (χ4v) is 4.83. The van der Waals surface area contributed by atoms with Crippen molar-refractivity contribution in [2.45, 2.75) is 77.7 Å². The first kappa shape index (κ1) is 24.7. The molecule has 2 fully saturated rings. The molecular formula is C25H29FN2O7. The van der Waals surface area contributed by atoms with E-state index in [-0.39, 0.29) is 36.5 Å². The van der Waals surface area contributed by atoms with Gasteiger partial charge in [-0.05, 0) is 38.3 Å². The van der Waals surface area contributed by atoms with Gasteiger partial charge in [0, 0.05) is 30.5 Å². The van der Waals surface area contributed by atoms with Gasteiger partial charge in [-0.1, -0.05) is 13.8 Å². The van der Waals surface area contributed by atoms with E-state index >= 15 is 4.39 Å². The molecule has 2 aliphatic rings. The van der Waals surface area contributed by atoms with Crippen LogP contribution in [0.25, 0.3) is 10.9 Å². The van der Waals surface area contributed by atoms with E-state index in [1.165, 1.54) is 6.20 Å². The Balaban J connectivity index is 1.86. The highest BCUT2D eigenvalue weighted by molar-refractivity contribution is 5.95. The van der Waals surface area contributed by atoms with Crippen molar-refractivity contribution in [2.24, 2.45) is 0 Å². The third-order valence-corrected chi connectivity index (χ3v) is 6.77. The van der Waals surface area contributed by atoms with Crippen molar-refractivity contribution in [3.63, 3.8) is 0 Å². The number of rotatable bonds is 7. The number of anilines is 1. The number of carboxylic acid groups (broad SMARTS) is 1. The molecule has 1 saturated carbocycles. The second-order valence-electron chi connectivity index (χ2n) is 9.13.